The van der Waals surface area contributed by atoms with Crippen LogP contribution in [0.1, 0.15) is 43.2 Å². The van der Waals surface area contributed by atoms with Crippen molar-refractivity contribution in [3.05, 3.63) is 35.7 Å². The number of carbonyl (C=O) groups is 2. The van der Waals surface area contributed by atoms with E-state index >= 15 is 0 Å². The van der Waals surface area contributed by atoms with Crippen LogP contribution in [0.3, 0.4) is 0 Å². The van der Waals surface area contributed by atoms with Gasteiger partial charge in [0, 0.05) is 12.7 Å². The predicted molar refractivity (Wildman–Crippen MR) is 83.5 cm³/mol. The zero-order chi connectivity index (χ0) is 16.6. The van der Waals surface area contributed by atoms with Crippen molar-refractivity contribution in [3.8, 4) is 0 Å². The molecule has 0 atom stereocenters. The summed E-state index contributed by atoms with van der Waals surface area (Å²) in [6.45, 7) is 5.94. The Balaban J connectivity index is 2.34. The summed E-state index contributed by atoms with van der Waals surface area (Å²) in [5.74, 6) is -0.461. The molecule has 1 rings (SSSR count). The third-order valence-electron chi connectivity index (χ3n) is 2.47. The smallest absolute Gasteiger partial charge is 0.407 e. The minimum absolute atomic E-state index is 0.270. The lowest BCUT2D eigenvalue weighted by Gasteiger charge is -2.19. The lowest BCUT2D eigenvalue weighted by Crippen LogP contribution is -2.32. The number of esters is 1. The van der Waals surface area contributed by atoms with Gasteiger partial charge >= 0.3 is 12.1 Å². The highest BCUT2D eigenvalue weighted by molar-refractivity contribution is 5.87. The zero-order valence-corrected chi connectivity index (χ0v) is 13.4. The van der Waals surface area contributed by atoms with Gasteiger partial charge in [-0.3, -0.25) is 0 Å². The molecular weight excluding hydrogens is 284 g/mol. The number of nitrogens with zero attached hydrogens (tertiary/aromatic N) is 1. The summed E-state index contributed by atoms with van der Waals surface area (Å²) in [4.78, 5) is 26.6. The second-order valence-electron chi connectivity index (χ2n) is 5.59. The van der Waals surface area contributed by atoms with Crippen LogP contribution in [0.5, 0.6) is 0 Å². The Labute approximate surface area is 130 Å². The second kappa shape index (κ2) is 8.17. The molecule has 1 N–H and O–H groups in total. The van der Waals surface area contributed by atoms with Crippen LogP contribution in [0.15, 0.2) is 24.4 Å². The van der Waals surface area contributed by atoms with Crippen molar-refractivity contribution in [2.45, 2.75) is 32.8 Å². The van der Waals surface area contributed by atoms with E-state index in [4.69, 9.17) is 4.74 Å². The summed E-state index contributed by atoms with van der Waals surface area (Å²) in [5, 5.41) is 2.67. The van der Waals surface area contributed by atoms with E-state index in [0.717, 1.165) is 5.56 Å². The van der Waals surface area contributed by atoms with Gasteiger partial charge in [0.1, 0.15) is 11.3 Å². The Hall–Kier alpha value is -2.37. The predicted octanol–water partition coefficient (Wildman–Crippen LogP) is 2.80. The summed E-state index contributed by atoms with van der Waals surface area (Å²) < 4.78 is 9.70. The number of carbonyl (C=O) groups excluding carboxylic acids is 2. The van der Waals surface area contributed by atoms with Crippen molar-refractivity contribution in [2.75, 3.05) is 13.7 Å². The first kappa shape index (κ1) is 17.7. The highest BCUT2D eigenvalue weighted by atomic mass is 16.6. The monoisotopic (exact) mass is 306 g/mol. The first-order valence-corrected chi connectivity index (χ1v) is 6.99. The van der Waals surface area contributed by atoms with Gasteiger partial charge in [0.05, 0.1) is 7.11 Å². The first-order valence-electron chi connectivity index (χ1n) is 6.99. The van der Waals surface area contributed by atoms with Crippen molar-refractivity contribution in [1.82, 2.24) is 10.3 Å². The van der Waals surface area contributed by atoms with Crippen LogP contribution >= 0.6 is 0 Å². The van der Waals surface area contributed by atoms with Gasteiger partial charge in [-0.15, -0.1) is 0 Å². The van der Waals surface area contributed by atoms with Crippen LogP contribution in [-0.4, -0.2) is 36.3 Å². The van der Waals surface area contributed by atoms with Gasteiger partial charge in [0.15, 0.2) is 0 Å². The number of nitrogens with one attached hydrogen (secondary N) is 1. The average Bonchev–Trinajstić information content (AvgIpc) is 2.45. The molecule has 22 heavy (non-hydrogen) atoms. The zero-order valence-electron chi connectivity index (χ0n) is 13.4. The van der Waals surface area contributed by atoms with E-state index in [-0.39, 0.29) is 5.69 Å². The van der Waals surface area contributed by atoms with E-state index in [0.29, 0.717) is 13.0 Å². The molecule has 0 spiro atoms. The molecule has 0 saturated carbocycles. The largest absolute Gasteiger partial charge is 0.464 e. The van der Waals surface area contributed by atoms with E-state index < -0.39 is 17.7 Å². The molecular formula is C16H22N2O4. The maximum absolute atomic E-state index is 11.4. The van der Waals surface area contributed by atoms with Gasteiger partial charge in [-0.25, -0.2) is 14.6 Å². The second-order valence-corrected chi connectivity index (χ2v) is 5.59. The number of hydrogen-bond acceptors (Lipinski definition) is 5. The molecule has 120 valence electrons. The molecule has 0 unspecified atom stereocenters. The van der Waals surface area contributed by atoms with Crippen molar-refractivity contribution in [2.24, 2.45) is 0 Å². The number of aromatic nitrogens is 1. The van der Waals surface area contributed by atoms with Gasteiger partial charge in [-0.1, -0.05) is 18.2 Å². The van der Waals surface area contributed by atoms with E-state index in [1.165, 1.54) is 7.11 Å². The normalized spacial score (nSPS) is 11.3. The number of amides is 1. The number of hydrogen-bond donors (Lipinski definition) is 1. The highest BCUT2D eigenvalue weighted by Crippen LogP contribution is 2.07. The Morgan fingerprint density at radius 2 is 2.05 bits per heavy atom. The van der Waals surface area contributed by atoms with E-state index in [2.05, 4.69) is 15.0 Å². The van der Waals surface area contributed by atoms with Crippen LogP contribution in [0.4, 0.5) is 4.79 Å². The molecule has 0 aliphatic carbocycles. The van der Waals surface area contributed by atoms with Gasteiger partial charge < -0.3 is 14.8 Å². The topological polar surface area (TPSA) is 77.5 Å². The maximum Gasteiger partial charge on any atom is 0.407 e. The molecule has 1 aromatic heterocycles. The van der Waals surface area contributed by atoms with Crippen molar-refractivity contribution >= 4 is 18.1 Å². The molecule has 1 amide bonds. The molecule has 0 aliphatic rings. The molecule has 0 aliphatic heterocycles. The Morgan fingerprint density at radius 3 is 2.59 bits per heavy atom. The fourth-order valence-corrected chi connectivity index (χ4v) is 1.52. The fourth-order valence-electron chi connectivity index (χ4n) is 1.52. The van der Waals surface area contributed by atoms with Crippen molar-refractivity contribution < 1.29 is 19.1 Å². The first-order chi connectivity index (χ1) is 10.3. The highest BCUT2D eigenvalue weighted by Gasteiger charge is 2.15. The molecule has 0 radical (unpaired) electrons. The summed E-state index contributed by atoms with van der Waals surface area (Å²) in [6.07, 6.45) is 5.60. The van der Waals surface area contributed by atoms with Crippen LogP contribution in [-0.2, 0) is 9.47 Å². The van der Waals surface area contributed by atoms with E-state index in [9.17, 15) is 9.59 Å². The fraction of sp³-hybridized carbons (Fsp3) is 0.438. The Morgan fingerprint density at radius 1 is 1.32 bits per heavy atom. The molecule has 6 nitrogen and oxygen atoms in total. The third kappa shape index (κ3) is 6.88. The summed E-state index contributed by atoms with van der Waals surface area (Å²) in [6, 6.07) is 3.38. The van der Waals surface area contributed by atoms with Gasteiger partial charge in [0.2, 0.25) is 0 Å². The van der Waals surface area contributed by atoms with Gasteiger partial charge in [0.25, 0.3) is 0 Å². The molecule has 0 aromatic carbocycles. The lowest BCUT2D eigenvalue weighted by atomic mass is 10.2. The molecule has 1 heterocycles. The minimum Gasteiger partial charge on any atom is -0.464 e. The summed E-state index contributed by atoms with van der Waals surface area (Å²) in [7, 11) is 1.31. The molecule has 1 aromatic rings. The van der Waals surface area contributed by atoms with E-state index in [1.807, 2.05) is 32.9 Å². The van der Waals surface area contributed by atoms with Crippen molar-refractivity contribution in [1.29, 1.82) is 0 Å². The van der Waals surface area contributed by atoms with Crippen LogP contribution < -0.4 is 5.32 Å². The lowest BCUT2D eigenvalue weighted by molar-refractivity contribution is 0.0527. The maximum atomic E-state index is 11.4. The van der Waals surface area contributed by atoms with Crippen LogP contribution in [0.25, 0.3) is 6.08 Å². The summed E-state index contributed by atoms with van der Waals surface area (Å²) >= 11 is 0. The SMILES string of the molecule is COC(=O)c1ccc(C=CCCNC(=O)OC(C)(C)C)cn1. The average molecular weight is 306 g/mol. The van der Waals surface area contributed by atoms with Gasteiger partial charge in [-0.2, -0.15) is 0 Å². The summed E-state index contributed by atoms with van der Waals surface area (Å²) in [5.41, 5.74) is 0.642. The minimum atomic E-state index is -0.493. The third-order valence-corrected chi connectivity index (χ3v) is 2.47. The molecule has 0 bridgehead atoms. The van der Waals surface area contributed by atoms with Gasteiger partial charge in [-0.05, 0) is 38.8 Å². The number of pyridine rings is 1. The van der Waals surface area contributed by atoms with E-state index in [1.54, 1.807) is 18.3 Å². The Bertz CT molecular complexity index is 530. The van der Waals surface area contributed by atoms with Crippen LogP contribution in [0, 0.1) is 0 Å². The molecule has 0 saturated heterocycles. The molecule has 0 fully saturated rings. The van der Waals surface area contributed by atoms with Crippen LogP contribution in [0.2, 0.25) is 0 Å². The quantitative estimate of drug-likeness (QED) is 0.668. The number of alkyl carbamates (subject to hydrolysis) is 1. The number of methoxy groups -OCH3 is 1. The number of rotatable bonds is 5. The Kier molecular flexibility index (Phi) is 6.56. The van der Waals surface area contributed by atoms with Crippen molar-refractivity contribution in [3.63, 3.8) is 0 Å². The molecule has 6 heteroatoms. The standard InChI is InChI=1S/C16H22N2O4/c1-16(2,3)22-15(20)17-10-6-5-7-12-8-9-13(18-11-12)14(19)21-4/h5,7-9,11H,6,10H2,1-4H3,(H,17,20). The number of ether oxygens (including phenoxy) is 2.